The van der Waals surface area contributed by atoms with Crippen LogP contribution in [0.25, 0.3) is 0 Å². The van der Waals surface area contributed by atoms with Crippen LogP contribution in [0.3, 0.4) is 0 Å². The Labute approximate surface area is 133 Å². The summed E-state index contributed by atoms with van der Waals surface area (Å²) in [6, 6.07) is 6.13. The van der Waals surface area contributed by atoms with Gasteiger partial charge >= 0.3 is 5.97 Å². The minimum absolute atomic E-state index is 0.0119. The molecule has 0 saturated carbocycles. The zero-order valence-corrected chi connectivity index (χ0v) is 13.1. The van der Waals surface area contributed by atoms with Crippen LogP contribution in [0.1, 0.15) is 6.42 Å². The van der Waals surface area contributed by atoms with Crippen molar-refractivity contribution in [3.8, 4) is 0 Å². The van der Waals surface area contributed by atoms with Crippen LogP contribution in [0, 0.1) is 0 Å². The van der Waals surface area contributed by atoms with E-state index in [2.05, 4.69) is 0 Å². The third-order valence-electron chi connectivity index (χ3n) is 3.61. The molecule has 0 aliphatic carbocycles. The first-order chi connectivity index (χ1) is 10.9. The second-order valence-electron chi connectivity index (χ2n) is 5.06. The molecule has 0 spiro atoms. The summed E-state index contributed by atoms with van der Waals surface area (Å²) in [5.41, 5.74) is 0. The van der Waals surface area contributed by atoms with E-state index >= 15 is 0 Å². The van der Waals surface area contributed by atoms with Crippen molar-refractivity contribution in [1.82, 2.24) is 9.21 Å². The Hall–Kier alpha value is -2.00. The summed E-state index contributed by atoms with van der Waals surface area (Å²) in [5.74, 6) is -1.98. The normalized spacial score (nSPS) is 19.8. The second kappa shape index (κ2) is 7.05. The predicted octanol–water partition coefficient (Wildman–Crippen LogP) is 0.332. The highest BCUT2D eigenvalue weighted by molar-refractivity contribution is 7.89. The fraction of sp³-hybridized carbons (Fsp3) is 0.429. The van der Waals surface area contributed by atoms with Gasteiger partial charge in [0, 0.05) is 19.6 Å². The minimum atomic E-state index is -4.00. The molecule has 2 rings (SSSR count). The smallest absolute Gasteiger partial charge is 0.305 e. The van der Waals surface area contributed by atoms with Crippen molar-refractivity contribution >= 4 is 21.9 Å². The quantitative estimate of drug-likeness (QED) is 0.803. The molecule has 1 N–H and O–H groups in total. The standard InChI is InChI=1S/C14H17FN2O5S/c15-6-7-16-8-9-17(12(14(16)20)10-13(18)19)23(21,22)11-4-2-1-3-5-11/h1-5,12H,6-10H2,(H,18,19). The van der Waals surface area contributed by atoms with E-state index in [0.717, 1.165) is 9.21 Å². The van der Waals surface area contributed by atoms with Crippen molar-refractivity contribution in [2.24, 2.45) is 0 Å². The maximum Gasteiger partial charge on any atom is 0.305 e. The number of carboxylic acid groups (broad SMARTS) is 1. The number of hydrogen-bond acceptors (Lipinski definition) is 4. The summed E-state index contributed by atoms with van der Waals surface area (Å²) in [6.07, 6.45) is -0.659. The van der Waals surface area contributed by atoms with E-state index in [1.54, 1.807) is 18.2 Å². The van der Waals surface area contributed by atoms with Crippen molar-refractivity contribution < 1.29 is 27.5 Å². The van der Waals surface area contributed by atoms with E-state index in [1.165, 1.54) is 12.1 Å². The maximum absolute atomic E-state index is 12.7. The molecule has 0 bridgehead atoms. The summed E-state index contributed by atoms with van der Waals surface area (Å²) in [5, 5.41) is 8.99. The van der Waals surface area contributed by atoms with Gasteiger partial charge in [-0.05, 0) is 12.1 Å². The summed E-state index contributed by atoms with van der Waals surface area (Å²) >= 11 is 0. The average Bonchev–Trinajstić information content (AvgIpc) is 2.51. The van der Waals surface area contributed by atoms with E-state index in [1.807, 2.05) is 0 Å². The van der Waals surface area contributed by atoms with E-state index in [-0.39, 0.29) is 24.5 Å². The topological polar surface area (TPSA) is 95.0 Å². The number of alkyl halides is 1. The summed E-state index contributed by atoms with van der Waals surface area (Å²) in [4.78, 5) is 24.5. The lowest BCUT2D eigenvalue weighted by Crippen LogP contribution is -2.59. The highest BCUT2D eigenvalue weighted by atomic mass is 32.2. The number of sulfonamides is 1. The molecule has 126 valence electrons. The maximum atomic E-state index is 12.7. The molecule has 1 unspecified atom stereocenters. The summed E-state index contributed by atoms with van der Waals surface area (Å²) in [6.45, 7) is -0.975. The molecule has 1 aliphatic rings. The molecule has 1 saturated heterocycles. The van der Waals surface area contributed by atoms with Gasteiger partial charge in [-0.15, -0.1) is 0 Å². The van der Waals surface area contributed by atoms with Crippen LogP contribution in [0.15, 0.2) is 35.2 Å². The van der Waals surface area contributed by atoms with E-state index < -0.39 is 41.0 Å². The highest BCUT2D eigenvalue weighted by Crippen LogP contribution is 2.24. The molecule has 1 fully saturated rings. The van der Waals surface area contributed by atoms with E-state index in [4.69, 9.17) is 5.11 Å². The lowest BCUT2D eigenvalue weighted by molar-refractivity contribution is -0.146. The van der Waals surface area contributed by atoms with Crippen LogP contribution in [0.4, 0.5) is 4.39 Å². The first-order valence-electron chi connectivity index (χ1n) is 7.01. The SMILES string of the molecule is O=C(O)CC1C(=O)N(CCF)CCN1S(=O)(=O)c1ccccc1. The highest BCUT2D eigenvalue weighted by Gasteiger charge is 2.42. The van der Waals surface area contributed by atoms with Gasteiger partial charge in [0.05, 0.1) is 11.3 Å². The number of halogens is 1. The van der Waals surface area contributed by atoms with Gasteiger partial charge in [0.25, 0.3) is 0 Å². The minimum Gasteiger partial charge on any atom is -0.481 e. The van der Waals surface area contributed by atoms with Crippen LogP contribution in [-0.4, -0.2) is 67.0 Å². The predicted molar refractivity (Wildman–Crippen MR) is 78.9 cm³/mol. The van der Waals surface area contributed by atoms with Gasteiger partial charge in [0.15, 0.2) is 0 Å². The van der Waals surface area contributed by atoms with Crippen LogP contribution in [0.2, 0.25) is 0 Å². The summed E-state index contributed by atoms with van der Waals surface area (Å²) in [7, 11) is -4.00. The Morgan fingerprint density at radius 3 is 2.48 bits per heavy atom. The van der Waals surface area contributed by atoms with Gasteiger partial charge in [-0.1, -0.05) is 18.2 Å². The average molecular weight is 344 g/mol. The van der Waals surface area contributed by atoms with Gasteiger partial charge in [0.2, 0.25) is 15.9 Å². The number of amides is 1. The van der Waals surface area contributed by atoms with E-state index in [9.17, 15) is 22.4 Å². The van der Waals surface area contributed by atoms with Gasteiger partial charge in [-0.25, -0.2) is 12.8 Å². The van der Waals surface area contributed by atoms with Crippen molar-refractivity contribution in [2.75, 3.05) is 26.3 Å². The van der Waals surface area contributed by atoms with Gasteiger partial charge in [-0.3, -0.25) is 9.59 Å². The first-order valence-corrected chi connectivity index (χ1v) is 8.45. The largest absolute Gasteiger partial charge is 0.481 e. The van der Waals surface area contributed by atoms with Gasteiger partial charge in [-0.2, -0.15) is 4.31 Å². The number of rotatable bonds is 6. The third kappa shape index (κ3) is 3.67. The van der Waals surface area contributed by atoms with Crippen LogP contribution in [0.5, 0.6) is 0 Å². The molecular formula is C14H17FN2O5S. The Morgan fingerprint density at radius 1 is 1.26 bits per heavy atom. The first kappa shape index (κ1) is 17.4. The van der Waals surface area contributed by atoms with Crippen molar-refractivity contribution in [3.63, 3.8) is 0 Å². The molecule has 1 heterocycles. The van der Waals surface area contributed by atoms with Crippen LogP contribution < -0.4 is 0 Å². The van der Waals surface area contributed by atoms with Crippen LogP contribution in [-0.2, 0) is 19.6 Å². The monoisotopic (exact) mass is 344 g/mol. The fourth-order valence-corrected chi connectivity index (χ4v) is 4.11. The van der Waals surface area contributed by atoms with Crippen molar-refractivity contribution in [3.05, 3.63) is 30.3 Å². The Balaban J connectivity index is 2.36. The van der Waals surface area contributed by atoms with Gasteiger partial charge < -0.3 is 10.0 Å². The second-order valence-corrected chi connectivity index (χ2v) is 6.95. The molecular weight excluding hydrogens is 327 g/mol. The molecule has 1 aliphatic heterocycles. The number of nitrogens with zero attached hydrogens (tertiary/aromatic N) is 2. The van der Waals surface area contributed by atoms with Gasteiger partial charge in [0.1, 0.15) is 12.7 Å². The number of carbonyl (C=O) groups excluding carboxylic acids is 1. The number of piperazine rings is 1. The number of hydrogen-bond donors (Lipinski definition) is 1. The van der Waals surface area contributed by atoms with Crippen molar-refractivity contribution in [2.45, 2.75) is 17.4 Å². The number of benzene rings is 1. The lowest BCUT2D eigenvalue weighted by atomic mass is 10.1. The lowest BCUT2D eigenvalue weighted by Gasteiger charge is -2.38. The molecule has 0 aromatic heterocycles. The molecule has 1 atom stereocenters. The van der Waals surface area contributed by atoms with Crippen molar-refractivity contribution in [1.29, 1.82) is 0 Å². The summed E-state index contributed by atoms with van der Waals surface area (Å²) < 4.78 is 38.7. The number of carboxylic acids is 1. The molecule has 0 radical (unpaired) electrons. The Morgan fingerprint density at radius 2 is 1.91 bits per heavy atom. The zero-order chi connectivity index (χ0) is 17.0. The molecule has 1 aromatic carbocycles. The molecule has 23 heavy (non-hydrogen) atoms. The van der Waals surface area contributed by atoms with Crippen LogP contribution >= 0.6 is 0 Å². The number of aliphatic carboxylic acids is 1. The fourth-order valence-electron chi connectivity index (χ4n) is 2.51. The molecule has 1 amide bonds. The zero-order valence-electron chi connectivity index (χ0n) is 12.3. The molecule has 7 nitrogen and oxygen atoms in total. The molecule has 9 heteroatoms. The number of carbonyl (C=O) groups is 2. The molecule has 1 aromatic rings. The third-order valence-corrected chi connectivity index (χ3v) is 5.53. The Bertz CT molecular complexity index is 680. The van der Waals surface area contributed by atoms with E-state index in [0.29, 0.717) is 0 Å². The Kier molecular flexibility index (Phi) is 5.32.